The number of halogens is 1. The monoisotopic (exact) mass is 387 g/mol. The molecular weight excluding hydrogens is 365 g/mol. The van der Waals surface area contributed by atoms with Crippen molar-refractivity contribution < 1.29 is 9.18 Å². The lowest BCUT2D eigenvalue weighted by Gasteiger charge is -2.05. The molecule has 2 heterocycles. The van der Waals surface area contributed by atoms with E-state index in [1.165, 1.54) is 23.5 Å². The molecule has 1 N–H and O–H groups in total. The molecule has 2 aromatic heterocycles. The smallest absolute Gasteiger partial charge is 0.261 e. The second-order valence-electron chi connectivity index (χ2n) is 6.35. The Balaban J connectivity index is 1.76. The Morgan fingerprint density at radius 1 is 1.19 bits per heavy atom. The Morgan fingerprint density at radius 2 is 1.93 bits per heavy atom. The Bertz CT molecular complexity index is 932. The number of anilines is 1. The normalized spacial score (nSPS) is 11.0. The number of hydrogen-bond donors (Lipinski definition) is 1. The van der Waals surface area contributed by atoms with Gasteiger partial charge in [-0.1, -0.05) is 31.1 Å². The van der Waals surface area contributed by atoms with Gasteiger partial charge >= 0.3 is 0 Å². The summed E-state index contributed by atoms with van der Waals surface area (Å²) >= 11 is 1.40. The van der Waals surface area contributed by atoms with Gasteiger partial charge in [-0.25, -0.2) is 9.07 Å². The van der Waals surface area contributed by atoms with Gasteiger partial charge < -0.3 is 0 Å². The third-order valence-corrected chi connectivity index (χ3v) is 5.17. The summed E-state index contributed by atoms with van der Waals surface area (Å²) in [4.78, 5) is 12.7. The van der Waals surface area contributed by atoms with Crippen molar-refractivity contribution in [2.45, 2.75) is 46.5 Å². The molecule has 3 aromatic rings. The minimum Gasteiger partial charge on any atom is -0.296 e. The van der Waals surface area contributed by atoms with Gasteiger partial charge in [0.1, 0.15) is 10.8 Å². The highest BCUT2D eigenvalue weighted by atomic mass is 32.1. The molecule has 0 unspecified atom stereocenters. The molecule has 3 rings (SSSR count). The molecule has 0 aliphatic heterocycles. The van der Waals surface area contributed by atoms with Crippen LogP contribution in [0.1, 0.15) is 52.9 Å². The summed E-state index contributed by atoms with van der Waals surface area (Å²) in [6, 6.07) is 5.99. The number of aromatic nitrogens is 4. The molecule has 0 bridgehead atoms. The van der Waals surface area contributed by atoms with E-state index in [2.05, 4.69) is 27.5 Å². The lowest BCUT2D eigenvalue weighted by atomic mass is 10.2. The minimum absolute atomic E-state index is 0.269. The zero-order valence-corrected chi connectivity index (χ0v) is 16.4. The highest BCUT2D eigenvalue weighted by Gasteiger charge is 2.20. The zero-order valence-electron chi connectivity index (χ0n) is 15.6. The van der Waals surface area contributed by atoms with E-state index >= 15 is 0 Å². The third kappa shape index (κ3) is 4.39. The molecule has 8 heteroatoms. The highest BCUT2D eigenvalue weighted by Crippen LogP contribution is 2.22. The summed E-state index contributed by atoms with van der Waals surface area (Å²) < 4.78 is 14.8. The van der Waals surface area contributed by atoms with Crippen molar-refractivity contribution in [1.29, 1.82) is 0 Å². The number of nitrogens with one attached hydrogen (secondary N) is 1. The lowest BCUT2D eigenvalue weighted by molar-refractivity contribution is 0.102. The van der Waals surface area contributed by atoms with Crippen molar-refractivity contribution in [2.75, 3.05) is 5.32 Å². The Morgan fingerprint density at radius 3 is 2.63 bits per heavy atom. The van der Waals surface area contributed by atoms with Crippen molar-refractivity contribution in [2.24, 2.45) is 0 Å². The Labute approximate surface area is 161 Å². The van der Waals surface area contributed by atoms with Crippen LogP contribution in [0.2, 0.25) is 0 Å². The molecule has 0 saturated heterocycles. The summed E-state index contributed by atoms with van der Waals surface area (Å²) in [5, 5.41) is 16.9. The average Bonchev–Trinajstić information content (AvgIpc) is 3.20. The summed E-state index contributed by atoms with van der Waals surface area (Å²) in [5.41, 5.74) is 2.47. The molecule has 0 aliphatic carbocycles. The van der Waals surface area contributed by atoms with Crippen molar-refractivity contribution >= 4 is 22.4 Å². The quantitative estimate of drug-likeness (QED) is 0.607. The van der Waals surface area contributed by atoms with Crippen LogP contribution in [0.15, 0.2) is 24.3 Å². The number of benzene rings is 1. The number of amides is 1. The predicted molar refractivity (Wildman–Crippen MR) is 104 cm³/mol. The molecular formula is C19H22FN5OS. The van der Waals surface area contributed by atoms with Gasteiger partial charge in [0.2, 0.25) is 5.13 Å². The number of nitrogens with zero attached hydrogens (tertiary/aromatic N) is 4. The van der Waals surface area contributed by atoms with Crippen LogP contribution in [0.3, 0.4) is 0 Å². The van der Waals surface area contributed by atoms with E-state index in [1.807, 2.05) is 6.92 Å². The molecule has 0 saturated carbocycles. The maximum Gasteiger partial charge on any atom is 0.261 e. The zero-order chi connectivity index (χ0) is 19.4. The van der Waals surface area contributed by atoms with E-state index in [-0.39, 0.29) is 11.7 Å². The SMILES string of the molecule is CCCCCc1nnc(NC(=O)c2c(C)nn(-c3ccc(F)cc3)c2C)s1. The minimum atomic E-state index is -0.316. The number of hydrogen-bond acceptors (Lipinski definition) is 5. The van der Waals surface area contributed by atoms with Crippen LogP contribution in [0, 0.1) is 19.7 Å². The molecule has 0 aliphatic rings. The molecule has 1 aromatic carbocycles. The maximum absolute atomic E-state index is 13.2. The van der Waals surface area contributed by atoms with Gasteiger partial charge in [-0.3, -0.25) is 10.1 Å². The van der Waals surface area contributed by atoms with Crippen LogP contribution in [0.5, 0.6) is 0 Å². The molecule has 0 atom stereocenters. The molecule has 6 nitrogen and oxygen atoms in total. The van der Waals surface area contributed by atoms with Crippen molar-refractivity contribution in [1.82, 2.24) is 20.0 Å². The number of unbranched alkanes of at least 4 members (excludes halogenated alkanes) is 2. The lowest BCUT2D eigenvalue weighted by Crippen LogP contribution is -2.14. The Hall–Kier alpha value is -2.61. The molecule has 0 fully saturated rings. The summed E-state index contributed by atoms with van der Waals surface area (Å²) in [7, 11) is 0. The molecule has 27 heavy (non-hydrogen) atoms. The van der Waals surface area contributed by atoms with E-state index in [1.54, 1.807) is 23.7 Å². The first-order chi connectivity index (χ1) is 13.0. The van der Waals surface area contributed by atoms with E-state index in [4.69, 9.17) is 0 Å². The van der Waals surface area contributed by atoms with Gasteiger partial charge in [0, 0.05) is 6.42 Å². The summed E-state index contributed by atoms with van der Waals surface area (Å²) in [5.74, 6) is -0.584. The number of carbonyl (C=O) groups excluding carboxylic acids is 1. The summed E-state index contributed by atoms with van der Waals surface area (Å²) in [6.45, 7) is 5.75. The summed E-state index contributed by atoms with van der Waals surface area (Å²) in [6.07, 6.45) is 4.25. The van der Waals surface area contributed by atoms with Crippen LogP contribution < -0.4 is 5.32 Å². The van der Waals surface area contributed by atoms with Crippen LogP contribution in [0.4, 0.5) is 9.52 Å². The van der Waals surface area contributed by atoms with Crippen LogP contribution >= 0.6 is 11.3 Å². The van der Waals surface area contributed by atoms with E-state index in [0.717, 1.165) is 30.7 Å². The number of aryl methyl sites for hydroxylation is 2. The second-order valence-corrected chi connectivity index (χ2v) is 7.41. The maximum atomic E-state index is 13.2. The van der Waals surface area contributed by atoms with Crippen molar-refractivity contribution in [3.63, 3.8) is 0 Å². The van der Waals surface area contributed by atoms with Gasteiger partial charge in [0.15, 0.2) is 0 Å². The first-order valence-electron chi connectivity index (χ1n) is 8.95. The largest absolute Gasteiger partial charge is 0.296 e. The van der Waals surface area contributed by atoms with Gasteiger partial charge in [-0.2, -0.15) is 5.10 Å². The fourth-order valence-corrected chi connectivity index (χ4v) is 3.67. The second kappa shape index (κ2) is 8.39. The first-order valence-corrected chi connectivity index (χ1v) is 9.77. The molecule has 1 amide bonds. The van der Waals surface area contributed by atoms with Gasteiger partial charge in [-0.15, -0.1) is 10.2 Å². The topological polar surface area (TPSA) is 72.7 Å². The van der Waals surface area contributed by atoms with Gasteiger partial charge in [0.05, 0.1) is 22.6 Å². The predicted octanol–water partition coefficient (Wildman–Crippen LogP) is 4.46. The van der Waals surface area contributed by atoms with Crippen LogP contribution in [-0.4, -0.2) is 25.9 Å². The van der Waals surface area contributed by atoms with Gasteiger partial charge in [-0.05, 0) is 44.5 Å². The van der Waals surface area contributed by atoms with Crippen LogP contribution in [0.25, 0.3) is 5.69 Å². The van der Waals surface area contributed by atoms with E-state index in [0.29, 0.717) is 27.8 Å². The standard InChI is InChI=1S/C19H22FN5OS/c1-4-5-6-7-16-22-23-19(27-16)21-18(26)17-12(2)24-25(13(17)3)15-10-8-14(20)9-11-15/h8-11H,4-7H2,1-3H3,(H,21,23,26). The van der Waals surface area contributed by atoms with Gasteiger partial charge in [0.25, 0.3) is 5.91 Å². The average molecular weight is 387 g/mol. The highest BCUT2D eigenvalue weighted by molar-refractivity contribution is 7.15. The van der Waals surface area contributed by atoms with Crippen molar-refractivity contribution in [3.8, 4) is 5.69 Å². The Kier molecular flexibility index (Phi) is 5.95. The van der Waals surface area contributed by atoms with Crippen molar-refractivity contribution in [3.05, 3.63) is 52.0 Å². The molecule has 0 radical (unpaired) electrons. The number of carbonyl (C=O) groups is 1. The molecule has 142 valence electrons. The fourth-order valence-electron chi connectivity index (χ4n) is 2.90. The van der Waals surface area contributed by atoms with Crippen LogP contribution in [-0.2, 0) is 6.42 Å². The number of rotatable bonds is 7. The molecule has 0 spiro atoms. The third-order valence-electron chi connectivity index (χ3n) is 4.27. The van der Waals surface area contributed by atoms with E-state index < -0.39 is 0 Å². The first kappa shape index (κ1) is 19.2. The van der Waals surface area contributed by atoms with E-state index in [9.17, 15) is 9.18 Å². The fraction of sp³-hybridized carbons (Fsp3) is 0.368.